The number of hydrogen-bond donors (Lipinski definition) is 1. The van der Waals surface area contributed by atoms with E-state index in [1.165, 1.54) is 35.1 Å². The summed E-state index contributed by atoms with van der Waals surface area (Å²) in [5.74, 6) is -0.0298. The van der Waals surface area contributed by atoms with E-state index in [9.17, 15) is 14.0 Å². The standard InChI is InChI=1S/C35H27ClFN3O4S/c1-21-30(33(41)39-26-11-7-4-8-12-26)31(24-13-15-25(37)16-14-24)40-34(42)29(45-35(40)38-21)19-23-17-27(36)32(28(18-23)43-2)44-20-22-9-5-3-6-10-22/h3-19,31H,20H2,1-2H3,(H,39,41)/b29-19-/t31-/m0/s1. The maximum Gasteiger partial charge on any atom is 0.271 e. The van der Waals surface area contributed by atoms with E-state index in [1.807, 2.05) is 48.5 Å². The number of benzene rings is 4. The fourth-order valence-corrected chi connectivity index (χ4v) is 6.46. The lowest BCUT2D eigenvalue weighted by atomic mass is 9.95. The lowest BCUT2D eigenvalue weighted by molar-refractivity contribution is -0.113. The zero-order valence-electron chi connectivity index (χ0n) is 24.3. The van der Waals surface area contributed by atoms with Crippen LogP contribution in [-0.2, 0) is 11.4 Å². The molecule has 0 saturated carbocycles. The monoisotopic (exact) mass is 639 g/mol. The molecule has 1 aromatic heterocycles. The molecule has 0 unspecified atom stereocenters. The van der Waals surface area contributed by atoms with Crippen LogP contribution in [-0.4, -0.2) is 17.6 Å². The number of thiazole rings is 1. The molecule has 2 heterocycles. The largest absolute Gasteiger partial charge is 0.493 e. The Kier molecular flexibility index (Phi) is 8.64. The highest BCUT2D eigenvalue weighted by Crippen LogP contribution is 2.37. The van der Waals surface area contributed by atoms with Crippen LogP contribution in [0.25, 0.3) is 6.08 Å². The third-order valence-corrected chi connectivity index (χ3v) is 8.52. The van der Waals surface area contributed by atoms with Crippen LogP contribution >= 0.6 is 22.9 Å². The van der Waals surface area contributed by atoms with Crippen molar-refractivity contribution in [3.8, 4) is 11.5 Å². The van der Waals surface area contributed by atoms with Crippen LogP contribution in [0.5, 0.6) is 11.5 Å². The number of para-hydroxylation sites is 1. The van der Waals surface area contributed by atoms with E-state index in [0.717, 1.165) is 5.56 Å². The smallest absolute Gasteiger partial charge is 0.271 e. The Hall–Kier alpha value is -4.99. The van der Waals surface area contributed by atoms with Gasteiger partial charge < -0.3 is 14.8 Å². The summed E-state index contributed by atoms with van der Waals surface area (Å²) in [6.45, 7) is 2.03. The molecule has 0 saturated heterocycles. The van der Waals surface area contributed by atoms with E-state index in [1.54, 1.807) is 49.4 Å². The van der Waals surface area contributed by atoms with E-state index >= 15 is 0 Å². The second-order valence-corrected chi connectivity index (χ2v) is 11.7. The average Bonchev–Trinajstić information content (AvgIpc) is 3.34. The number of carbonyl (C=O) groups is 1. The molecule has 0 radical (unpaired) electrons. The van der Waals surface area contributed by atoms with Gasteiger partial charge in [-0.25, -0.2) is 9.38 Å². The zero-order chi connectivity index (χ0) is 31.5. The van der Waals surface area contributed by atoms with Crippen LogP contribution in [0.2, 0.25) is 5.02 Å². The Labute approximate surface area is 267 Å². The first-order valence-corrected chi connectivity index (χ1v) is 15.2. The fourth-order valence-electron chi connectivity index (χ4n) is 5.14. The summed E-state index contributed by atoms with van der Waals surface area (Å²) in [6.07, 6.45) is 1.70. The number of halogens is 2. The third-order valence-electron chi connectivity index (χ3n) is 7.26. The lowest BCUT2D eigenvalue weighted by Crippen LogP contribution is -2.40. The molecule has 10 heteroatoms. The zero-order valence-corrected chi connectivity index (χ0v) is 25.9. The number of hydrogen-bond acceptors (Lipinski definition) is 6. The fraction of sp³-hybridized carbons (Fsp3) is 0.114. The molecular weight excluding hydrogens is 613 g/mol. The number of allylic oxidation sites excluding steroid dienone is 1. The summed E-state index contributed by atoms with van der Waals surface area (Å²) >= 11 is 7.82. The molecule has 5 aromatic rings. The first-order valence-electron chi connectivity index (χ1n) is 14.0. The second-order valence-electron chi connectivity index (χ2n) is 10.3. The summed E-state index contributed by atoms with van der Waals surface area (Å²) < 4.78 is 27.4. The number of nitrogens with zero attached hydrogens (tertiary/aromatic N) is 2. The van der Waals surface area contributed by atoms with Crippen molar-refractivity contribution in [1.82, 2.24) is 4.57 Å². The van der Waals surface area contributed by atoms with Crippen molar-refractivity contribution in [2.24, 2.45) is 4.99 Å². The molecule has 1 atom stereocenters. The predicted molar refractivity (Wildman–Crippen MR) is 174 cm³/mol. The van der Waals surface area contributed by atoms with Crippen LogP contribution in [0.3, 0.4) is 0 Å². The Morgan fingerprint density at radius 3 is 2.42 bits per heavy atom. The van der Waals surface area contributed by atoms with E-state index in [-0.39, 0.29) is 11.1 Å². The van der Waals surface area contributed by atoms with Crippen LogP contribution in [0, 0.1) is 5.82 Å². The van der Waals surface area contributed by atoms with E-state index in [0.29, 0.717) is 55.0 Å². The van der Waals surface area contributed by atoms with Gasteiger partial charge in [-0.2, -0.15) is 0 Å². The molecule has 7 nitrogen and oxygen atoms in total. The first kappa shape index (κ1) is 30.1. The summed E-state index contributed by atoms with van der Waals surface area (Å²) in [6, 6.07) is 27.1. The molecule has 226 valence electrons. The molecule has 0 spiro atoms. The topological polar surface area (TPSA) is 81.9 Å². The highest BCUT2D eigenvalue weighted by Gasteiger charge is 2.32. The van der Waals surface area contributed by atoms with Crippen molar-refractivity contribution in [3.05, 3.63) is 156 Å². The van der Waals surface area contributed by atoms with E-state index in [2.05, 4.69) is 10.3 Å². The number of aromatic nitrogens is 1. The van der Waals surface area contributed by atoms with Gasteiger partial charge in [0.1, 0.15) is 12.4 Å². The van der Waals surface area contributed by atoms with Gasteiger partial charge in [0.05, 0.1) is 34.0 Å². The van der Waals surface area contributed by atoms with Gasteiger partial charge in [-0.15, -0.1) is 0 Å². The molecule has 0 bridgehead atoms. The van der Waals surface area contributed by atoms with Crippen molar-refractivity contribution < 1.29 is 18.7 Å². The number of methoxy groups -OCH3 is 1. The molecule has 45 heavy (non-hydrogen) atoms. The van der Waals surface area contributed by atoms with Crippen LogP contribution in [0.15, 0.2) is 118 Å². The summed E-state index contributed by atoms with van der Waals surface area (Å²) in [7, 11) is 1.52. The number of ether oxygens (including phenoxy) is 2. The molecule has 1 aliphatic rings. The van der Waals surface area contributed by atoms with Gasteiger partial charge in [-0.05, 0) is 66.1 Å². The SMILES string of the molecule is COc1cc(/C=c2\sc3n(c2=O)[C@@H](c2ccc(F)cc2)C(C(=O)Nc2ccccc2)=C(C)N=3)cc(Cl)c1OCc1ccccc1. The Balaban J connectivity index is 1.41. The number of anilines is 1. The van der Waals surface area contributed by atoms with Crippen LogP contribution in [0.4, 0.5) is 10.1 Å². The Morgan fingerprint density at radius 2 is 1.73 bits per heavy atom. The second kappa shape index (κ2) is 12.9. The van der Waals surface area contributed by atoms with Gasteiger partial charge in [0.15, 0.2) is 16.3 Å². The maximum absolute atomic E-state index is 14.0. The van der Waals surface area contributed by atoms with Gasteiger partial charge in [0.2, 0.25) is 0 Å². The first-order chi connectivity index (χ1) is 21.8. The number of rotatable bonds is 8. The summed E-state index contributed by atoms with van der Waals surface area (Å²) in [5, 5.41) is 3.23. The van der Waals surface area contributed by atoms with Crippen molar-refractivity contribution in [3.63, 3.8) is 0 Å². The lowest BCUT2D eigenvalue weighted by Gasteiger charge is -2.25. The van der Waals surface area contributed by atoms with Gasteiger partial charge in [0.25, 0.3) is 11.5 Å². The van der Waals surface area contributed by atoms with E-state index in [4.69, 9.17) is 21.1 Å². The highest BCUT2D eigenvalue weighted by molar-refractivity contribution is 7.07. The number of amides is 1. The summed E-state index contributed by atoms with van der Waals surface area (Å²) in [4.78, 5) is 32.8. The average molecular weight is 640 g/mol. The quantitative estimate of drug-likeness (QED) is 0.218. The predicted octanol–water partition coefficient (Wildman–Crippen LogP) is 6.25. The molecule has 6 rings (SSSR count). The minimum absolute atomic E-state index is 0.286. The van der Waals surface area contributed by atoms with Crippen LogP contribution < -0.4 is 29.7 Å². The minimum atomic E-state index is -0.834. The molecule has 1 aliphatic heterocycles. The molecular formula is C35H27ClFN3O4S. The van der Waals surface area contributed by atoms with Crippen LogP contribution in [0.1, 0.15) is 29.7 Å². The summed E-state index contributed by atoms with van der Waals surface area (Å²) in [5.41, 5.74) is 3.14. The van der Waals surface area contributed by atoms with Crippen molar-refractivity contribution in [2.75, 3.05) is 12.4 Å². The maximum atomic E-state index is 14.0. The van der Waals surface area contributed by atoms with Gasteiger partial charge >= 0.3 is 0 Å². The molecule has 1 amide bonds. The Bertz CT molecular complexity index is 2090. The van der Waals surface area contributed by atoms with E-state index < -0.39 is 17.8 Å². The normalized spacial score (nSPS) is 14.5. The highest BCUT2D eigenvalue weighted by atomic mass is 35.5. The minimum Gasteiger partial charge on any atom is -0.493 e. The van der Waals surface area contributed by atoms with Crippen molar-refractivity contribution in [2.45, 2.75) is 19.6 Å². The Morgan fingerprint density at radius 1 is 1.04 bits per heavy atom. The van der Waals surface area contributed by atoms with Gasteiger partial charge in [0, 0.05) is 5.69 Å². The van der Waals surface area contributed by atoms with Crippen molar-refractivity contribution >= 4 is 40.6 Å². The molecule has 1 N–H and O–H groups in total. The van der Waals surface area contributed by atoms with Gasteiger partial charge in [-0.1, -0.05) is 83.6 Å². The third kappa shape index (κ3) is 6.31. The number of carbonyl (C=O) groups excluding carboxylic acids is 1. The number of fused-ring (bicyclic) bond motifs is 1. The molecule has 0 fully saturated rings. The van der Waals surface area contributed by atoms with Gasteiger partial charge in [-0.3, -0.25) is 14.2 Å². The number of nitrogens with one attached hydrogen (secondary N) is 1. The van der Waals surface area contributed by atoms with Crippen molar-refractivity contribution in [1.29, 1.82) is 0 Å². The molecule has 4 aromatic carbocycles. The molecule has 0 aliphatic carbocycles.